The highest BCUT2D eigenvalue weighted by Crippen LogP contribution is 2.23. The lowest BCUT2D eigenvalue weighted by atomic mass is 10.1. The molecule has 0 aromatic heterocycles. The number of carbonyl (C=O) groups is 3. The molecule has 0 atom stereocenters. The van der Waals surface area contributed by atoms with E-state index >= 15 is 0 Å². The van der Waals surface area contributed by atoms with Gasteiger partial charge in [-0.15, -0.1) is 0 Å². The summed E-state index contributed by atoms with van der Waals surface area (Å²) in [5.41, 5.74) is 3.16. The fraction of sp³-hybridized carbons (Fsp3) is 0.286. The Kier molecular flexibility index (Phi) is 5.54. The fourth-order valence-electron chi connectivity index (χ4n) is 3.05. The molecule has 6 heteroatoms. The van der Waals surface area contributed by atoms with Crippen molar-refractivity contribution in [2.24, 2.45) is 0 Å². The maximum Gasteiger partial charge on any atom is 0.338 e. The number of rotatable bonds is 5. The molecule has 27 heavy (non-hydrogen) atoms. The third-order valence-electron chi connectivity index (χ3n) is 4.50. The summed E-state index contributed by atoms with van der Waals surface area (Å²) in [6, 6.07) is 12.0. The monoisotopic (exact) mass is 366 g/mol. The Morgan fingerprint density at radius 2 is 1.81 bits per heavy atom. The van der Waals surface area contributed by atoms with Crippen LogP contribution in [0.5, 0.6) is 0 Å². The van der Waals surface area contributed by atoms with Gasteiger partial charge in [0.05, 0.1) is 12.2 Å². The molecular formula is C21H22N2O4. The first kappa shape index (κ1) is 18.6. The Hall–Kier alpha value is -3.15. The van der Waals surface area contributed by atoms with Crippen LogP contribution < -0.4 is 10.2 Å². The maximum atomic E-state index is 12.5. The molecule has 1 aliphatic heterocycles. The van der Waals surface area contributed by atoms with Crippen LogP contribution in [0.4, 0.5) is 11.4 Å². The molecule has 0 unspecified atom stereocenters. The summed E-state index contributed by atoms with van der Waals surface area (Å²) < 4.78 is 4.98. The summed E-state index contributed by atoms with van der Waals surface area (Å²) in [6.07, 6.45) is 1.44. The first-order valence-corrected chi connectivity index (χ1v) is 8.99. The summed E-state index contributed by atoms with van der Waals surface area (Å²) in [5.74, 6) is -0.517. The van der Waals surface area contributed by atoms with Gasteiger partial charge in [0.2, 0.25) is 5.91 Å². The van der Waals surface area contributed by atoms with Gasteiger partial charge in [0, 0.05) is 29.9 Å². The number of anilines is 2. The predicted octanol–water partition coefficient (Wildman–Crippen LogP) is 3.55. The number of hydrogen-bond donors (Lipinski definition) is 1. The molecule has 2 amide bonds. The van der Waals surface area contributed by atoms with Crippen molar-refractivity contribution >= 4 is 29.2 Å². The van der Waals surface area contributed by atoms with Crippen molar-refractivity contribution in [1.82, 2.24) is 0 Å². The molecule has 2 aromatic carbocycles. The lowest BCUT2D eigenvalue weighted by Gasteiger charge is -2.16. The maximum absolute atomic E-state index is 12.5. The number of nitrogens with one attached hydrogen (secondary N) is 1. The van der Waals surface area contributed by atoms with Crippen LogP contribution >= 0.6 is 0 Å². The van der Waals surface area contributed by atoms with E-state index < -0.39 is 0 Å². The third-order valence-corrected chi connectivity index (χ3v) is 4.50. The largest absolute Gasteiger partial charge is 0.462 e. The van der Waals surface area contributed by atoms with Gasteiger partial charge >= 0.3 is 5.97 Å². The lowest BCUT2D eigenvalue weighted by Crippen LogP contribution is -2.23. The predicted molar refractivity (Wildman–Crippen MR) is 103 cm³/mol. The van der Waals surface area contributed by atoms with E-state index in [1.165, 1.54) is 0 Å². The number of hydrogen-bond acceptors (Lipinski definition) is 4. The zero-order valence-electron chi connectivity index (χ0n) is 15.5. The van der Waals surface area contributed by atoms with Crippen LogP contribution in [-0.2, 0) is 9.53 Å². The molecule has 0 saturated carbocycles. The van der Waals surface area contributed by atoms with Gasteiger partial charge in [-0.25, -0.2) is 4.79 Å². The first-order valence-electron chi connectivity index (χ1n) is 8.99. The minimum atomic E-state index is -0.384. The van der Waals surface area contributed by atoms with E-state index in [2.05, 4.69) is 5.32 Å². The van der Waals surface area contributed by atoms with E-state index in [9.17, 15) is 14.4 Å². The van der Waals surface area contributed by atoms with Crippen LogP contribution in [0.2, 0.25) is 0 Å². The number of nitrogens with zero attached hydrogens (tertiary/aromatic N) is 1. The van der Waals surface area contributed by atoms with Crippen LogP contribution in [-0.4, -0.2) is 30.9 Å². The van der Waals surface area contributed by atoms with Gasteiger partial charge in [0.15, 0.2) is 0 Å². The number of amides is 2. The minimum absolute atomic E-state index is 0.115. The highest BCUT2D eigenvalue weighted by atomic mass is 16.5. The highest BCUT2D eigenvalue weighted by molar-refractivity contribution is 6.05. The molecule has 1 fully saturated rings. The van der Waals surface area contributed by atoms with E-state index in [0.29, 0.717) is 29.8 Å². The summed E-state index contributed by atoms with van der Waals surface area (Å²) in [5, 5.41) is 2.85. The number of benzene rings is 2. The summed E-state index contributed by atoms with van der Waals surface area (Å²) in [6.45, 7) is 4.61. The molecule has 3 rings (SSSR count). The molecule has 0 bridgehead atoms. The Balaban J connectivity index is 1.70. The highest BCUT2D eigenvalue weighted by Gasteiger charge is 2.21. The van der Waals surface area contributed by atoms with Crippen molar-refractivity contribution in [3.63, 3.8) is 0 Å². The lowest BCUT2D eigenvalue weighted by molar-refractivity contribution is -0.117. The second kappa shape index (κ2) is 8.03. The van der Waals surface area contributed by atoms with E-state index in [1.807, 2.05) is 6.92 Å². The van der Waals surface area contributed by atoms with E-state index in [0.717, 1.165) is 24.2 Å². The van der Waals surface area contributed by atoms with E-state index in [1.54, 1.807) is 54.3 Å². The minimum Gasteiger partial charge on any atom is -0.462 e. The zero-order chi connectivity index (χ0) is 19.4. The van der Waals surface area contributed by atoms with Crippen molar-refractivity contribution in [1.29, 1.82) is 0 Å². The Bertz CT molecular complexity index is 874. The van der Waals surface area contributed by atoms with Crippen LogP contribution in [0.3, 0.4) is 0 Å². The van der Waals surface area contributed by atoms with Crippen LogP contribution in [0.25, 0.3) is 0 Å². The van der Waals surface area contributed by atoms with Gasteiger partial charge in [-0.05, 0) is 68.3 Å². The van der Waals surface area contributed by atoms with Gasteiger partial charge in [0.25, 0.3) is 5.91 Å². The standard InChI is InChI=1S/C21H22N2O4/c1-3-27-21(26)16-8-11-18(14(2)13-16)22-20(25)15-6-9-17(10-7-15)23-12-4-5-19(23)24/h6-11,13H,3-5,12H2,1-2H3,(H,22,25). The van der Waals surface area contributed by atoms with Gasteiger partial charge in [-0.1, -0.05) is 0 Å². The number of esters is 1. The quantitative estimate of drug-likeness (QED) is 0.821. The third kappa shape index (κ3) is 4.16. The zero-order valence-corrected chi connectivity index (χ0v) is 15.5. The molecule has 0 aliphatic carbocycles. The topological polar surface area (TPSA) is 75.7 Å². The van der Waals surface area contributed by atoms with Gasteiger partial charge in [-0.3, -0.25) is 9.59 Å². The average Bonchev–Trinajstić information content (AvgIpc) is 3.09. The van der Waals surface area contributed by atoms with Crippen molar-refractivity contribution < 1.29 is 19.1 Å². The van der Waals surface area contributed by atoms with Crippen molar-refractivity contribution in [3.8, 4) is 0 Å². The molecule has 1 saturated heterocycles. The SMILES string of the molecule is CCOC(=O)c1ccc(NC(=O)c2ccc(N3CCCC3=O)cc2)c(C)c1. The van der Waals surface area contributed by atoms with E-state index in [4.69, 9.17) is 4.74 Å². The molecule has 6 nitrogen and oxygen atoms in total. The van der Waals surface area contributed by atoms with E-state index in [-0.39, 0.29) is 17.8 Å². The number of carbonyl (C=O) groups excluding carboxylic acids is 3. The Labute approximate surface area is 158 Å². The molecule has 0 spiro atoms. The fourth-order valence-corrected chi connectivity index (χ4v) is 3.05. The summed E-state index contributed by atoms with van der Waals surface area (Å²) in [7, 11) is 0. The van der Waals surface area contributed by atoms with Gasteiger partial charge in [0.1, 0.15) is 0 Å². The molecule has 1 aliphatic rings. The van der Waals surface area contributed by atoms with Gasteiger partial charge < -0.3 is 15.0 Å². The van der Waals surface area contributed by atoms with Crippen molar-refractivity contribution in [3.05, 3.63) is 59.2 Å². The summed E-state index contributed by atoms with van der Waals surface area (Å²) >= 11 is 0. The van der Waals surface area contributed by atoms with Crippen LogP contribution in [0, 0.1) is 6.92 Å². The number of aryl methyl sites for hydroxylation is 1. The van der Waals surface area contributed by atoms with Crippen LogP contribution in [0.15, 0.2) is 42.5 Å². The first-order chi connectivity index (χ1) is 13.0. The molecule has 140 valence electrons. The van der Waals surface area contributed by atoms with Crippen LogP contribution in [0.1, 0.15) is 46.0 Å². The van der Waals surface area contributed by atoms with Crippen molar-refractivity contribution in [2.75, 3.05) is 23.4 Å². The molecule has 1 heterocycles. The Morgan fingerprint density at radius 1 is 1.11 bits per heavy atom. The second-order valence-electron chi connectivity index (χ2n) is 6.40. The van der Waals surface area contributed by atoms with Gasteiger partial charge in [-0.2, -0.15) is 0 Å². The number of ether oxygens (including phenoxy) is 1. The normalized spacial score (nSPS) is 13.6. The van der Waals surface area contributed by atoms with Crippen molar-refractivity contribution in [2.45, 2.75) is 26.7 Å². The average molecular weight is 366 g/mol. The summed E-state index contributed by atoms with van der Waals surface area (Å²) in [4.78, 5) is 37.8. The Morgan fingerprint density at radius 3 is 2.41 bits per heavy atom. The molecule has 0 radical (unpaired) electrons. The smallest absolute Gasteiger partial charge is 0.338 e. The molecular weight excluding hydrogens is 344 g/mol. The second-order valence-corrected chi connectivity index (χ2v) is 6.40. The molecule has 1 N–H and O–H groups in total. The molecule has 2 aromatic rings.